The Kier molecular flexibility index (Phi) is 5.06. The summed E-state index contributed by atoms with van der Waals surface area (Å²) in [5.74, 6) is 0.00860. The zero-order chi connectivity index (χ0) is 18.9. The third-order valence-electron chi connectivity index (χ3n) is 4.36. The van der Waals surface area contributed by atoms with E-state index in [4.69, 9.17) is 0 Å². The summed E-state index contributed by atoms with van der Waals surface area (Å²) in [5, 5.41) is 10.7. The van der Waals surface area contributed by atoms with Crippen molar-refractivity contribution < 1.29 is 18.0 Å². The molecule has 1 saturated carbocycles. The lowest BCUT2D eigenvalue weighted by atomic mass is 10.2. The van der Waals surface area contributed by atoms with E-state index in [1.54, 1.807) is 4.68 Å². The molecule has 1 amide bonds. The van der Waals surface area contributed by atoms with Gasteiger partial charge >= 0.3 is 6.18 Å². The normalized spacial score (nSPS) is 14.7. The van der Waals surface area contributed by atoms with Crippen molar-refractivity contribution in [3.05, 3.63) is 34.9 Å². The fourth-order valence-corrected chi connectivity index (χ4v) is 2.94. The fraction of sp³-hybridized carbons (Fsp3) is 0.588. The van der Waals surface area contributed by atoms with Gasteiger partial charge in [0.1, 0.15) is 6.54 Å². The fourth-order valence-electron chi connectivity index (χ4n) is 2.94. The van der Waals surface area contributed by atoms with Crippen LogP contribution >= 0.6 is 0 Å². The number of nitrogens with one attached hydrogen (secondary N) is 1. The number of halogens is 3. The molecule has 0 aromatic carbocycles. The quantitative estimate of drug-likeness (QED) is 0.764. The summed E-state index contributed by atoms with van der Waals surface area (Å²) in [6.45, 7) is 4.60. The molecule has 1 fully saturated rings. The summed E-state index contributed by atoms with van der Waals surface area (Å²) >= 11 is 0. The molecule has 0 bridgehead atoms. The first-order chi connectivity index (χ1) is 12.2. The van der Waals surface area contributed by atoms with Crippen molar-refractivity contribution in [2.75, 3.05) is 6.54 Å². The van der Waals surface area contributed by atoms with E-state index in [1.807, 2.05) is 19.9 Å². The molecule has 1 aliphatic carbocycles. The van der Waals surface area contributed by atoms with E-state index in [2.05, 4.69) is 15.5 Å². The Balaban J connectivity index is 1.49. The Morgan fingerprint density at radius 3 is 2.54 bits per heavy atom. The number of hydrogen-bond donors (Lipinski definition) is 1. The molecule has 2 heterocycles. The summed E-state index contributed by atoms with van der Waals surface area (Å²) in [6, 6.07) is 3.04. The average molecular weight is 369 g/mol. The van der Waals surface area contributed by atoms with Crippen molar-refractivity contribution in [2.24, 2.45) is 0 Å². The molecule has 0 spiro atoms. The van der Waals surface area contributed by atoms with Gasteiger partial charge in [-0.2, -0.15) is 23.4 Å². The zero-order valence-corrected chi connectivity index (χ0v) is 14.8. The van der Waals surface area contributed by atoms with E-state index < -0.39 is 11.9 Å². The standard InChI is InChI=1S/C17H22F3N5O/c1-11-8-12(2)25(22-11)10-16(26)21-6-3-7-24-14(13-4-5-13)9-15(23-24)17(18,19)20/h8-9,13H,3-7,10H2,1-2H3,(H,21,26). The summed E-state index contributed by atoms with van der Waals surface area (Å²) in [5.41, 5.74) is 1.56. The number of rotatable bonds is 7. The molecular weight excluding hydrogens is 347 g/mol. The molecule has 142 valence electrons. The molecule has 3 rings (SSSR count). The van der Waals surface area contributed by atoms with Crippen molar-refractivity contribution in [1.29, 1.82) is 0 Å². The Morgan fingerprint density at radius 2 is 1.96 bits per heavy atom. The number of aryl methyl sites for hydroxylation is 3. The molecule has 1 aliphatic rings. The maximum absolute atomic E-state index is 12.9. The van der Waals surface area contributed by atoms with E-state index in [-0.39, 0.29) is 18.4 Å². The molecule has 0 aliphatic heterocycles. The molecule has 2 aromatic heterocycles. The number of hydrogen-bond acceptors (Lipinski definition) is 3. The highest BCUT2D eigenvalue weighted by Crippen LogP contribution is 2.42. The largest absolute Gasteiger partial charge is 0.435 e. The van der Waals surface area contributed by atoms with Gasteiger partial charge in [-0.15, -0.1) is 0 Å². The van der Waals surface area contributed by atoms with Crippen LogP contribution in [0.1, 0.15) is 48.0 Å². The molecule has 1 N–H and O–H groups in total. The molecule has 0 atom stereocenters. The van der Waals surface area contributed by atoms with Crippen LogP contribution in [0.15, 0.2) is 12.1 Å². The first kappa shape index (κ1) is 18.5. The van der Waals surface area contributed by atoms with Gasteiger partial charge in [-0.3, -0.25) is 14.2 Å². The molecule has 6 nitrogen and oxygen atoms in total. The van der Waals surface area contributed by atoms with Gasteiger partial charge in [-0.1, -0.05) is 0 Å². The number of amides is 1. The monoisotopic (exact) mass is 369 g/mol. The molecule has 0 radical (unpaired) electrons. The molecule has 2 aromatic rings. The minimum atomic E-state index is -4.43. The number of nitrogens with zero attached hydrogens (tertiary/aromatic N) is 4. The van der Waals surface area contributed by atoms with Crippen molar-refractivity contribution in [3.8, 4) is 0 Å². The Bertz CT molecular complexity index is 789. The van der Waals surface area contributed by atoms with Crippen LogP contribution in [-0.4, -0.2) is 32.0 Å². The van der Waals surface area contributed by atoms with Gasteiger partial charge in [0.15, 0.2) is 5.69 Å². The summed E-state index contributed by atoms with van der Waals surface area (Å²) < 4.78 is 41.6. The molecule has 9 heteroatoms. The van der Waals surface area contributed by atoms with Crippen molar-refractivity contribution in [3.63, 3.8) is 0 Å². The van der Waals surface area contributed by atoms with Gasteiger partial charge in [-0.05, 0) is 45.2 Å². The maximum Gasteiger partial charge on any atom is 0.435 e. The number of alkyl halides is 3. The van der Waals surface area contributed by atoms with Gasteiger partial charge in [-0.25, -0.2) is 0 Å². The first-order valence-electron chi connectivity index (χ1n) is 8.66. The van der Waals surface area contributed by atoms with Crippen LogP contribution in [0.25, 0.3) is 0 Å². The average Bonchev–Trinajstić information content (AvgIpc) is 3.21. The summed E-state index contributed by atoms with van der Waals surface area (Å²) in [4.78, 5) is 12.0. The Labute approximate surface area is 149 Å². The minimum Gasteiger partial charge on any atom is -0.354 e. The highest BCUT2D eigenvalue weighted by Gasteiger charge is 2.37. The topological polar surface area (TPSA) is 64.7 Å². The minimum absolute atomic E-state index is 0.132. The van der Waals surface area contributed by atoms with Crippen molar-refractivity contribution in [1.82, 2.24) is 24.9 Å². The Hall–Kier alpha value is -2.32. The lowest BCUT2D eigenvalue weighted by molar-refractivity contribution is -0.141. The van der Waals surface area contributed by atoms with Gasteiger partial charge in [0.05, 0.1) is 5.69 Å². The molecule has 0 unspecified atom stereocenters. The zero-order valence-electron chi connectivity index (χ0n) is 14.8. The lowest BCUT2D eigenvalue weighted by Gasteiger charge is -2.09. The van der Waals surface area contributed by atoms with Crippen LogP contribution in [0.2, 0.25) is 0 Å². The lowest BCUT2D eigenvalue weighted by Crippen LogP contribution is -2.29. The van der Waals surface area contributed by atoms with Crippen LogP contribution in [0.3, 0.4) is 0 Å². The highest BCUT2D eigenvalue weighted by atomic mass is 19.4. The highest BCUT2D eigenvalue weighted by molar-refractivity contribution is 5.75. The molecule has 26 heavy (non-hydrogen) atoms. The summed E-state index contributed by atoms with van der Waals surface area (Å²) in [7, 11) is 0. The number of carbonyl (C=O) groups excluding carboxylic acids is 1. The van der Waals surface area contributed by atoms with Crippen LogP contribution < -0.4 is 5.32 Å². The van der Waals surface area contributed by atoms with Crippen LogP contribution in [0, 0.1) is 13.8 Å². The molecule has 0 saturated heterocycles. The predicted molar refractivity (Wildman–Crippen MR) is 88.5 cm³/mol. The number of carbonyl (C=O) groups is 1. The number of aromatic nitrogens is 4. The molecular formula is C17H22F3N5O. The second-order valence-corrected chi connectivity index (χ2v) is 6.74. The SMILES string of the molecule is Cc1cc(C)n(CC(=O)NCCCn2nc(C(F)(F)F)cc2C2CC2)n1. The third-order valence-corrected chi connectivity index (χ3v) is 4.36. The van der Waals surface area contributed by atoms with E-state index >= 15 is 0 Å². The van der Waals surface area contributed by atoms with E-state index in [9.17, 15) is 18.0 Å². The first-order valence-corrected chi connectivity index (χ1v) is 8.66. The van der Waals surface area contributed by atoms with Crippen LogP contribution in [0.4, 0.5) is 13.2 Å². The van der Waals surface area contributed by atoms with Crippen molar-refractivity contribution in [2.45, 2.75) is 58.3 Å². The summed E-state index contributed by atoms with van der Waals surface area (Å²) in [6.07, 6.45) is -2.10. The second-order valence-electron chi connectivity index (χ2n) is 6.74. The van der Waals surface area contributed by atoms with Crippen LogP contribution in [-0.2, 0) is 24.1 Å². The smallest absolute Gasteiger partial charge is 0.354 e. The third kappa shape index (κ3) is 4.44. The van der Waals surface area contributed by atoms with E-state index in [0.717, 1.165) is 30.3 Å². The van der Waals surface area contributed by atoms with Gasteiger partial charge in [0.2, 0.25) is 5.91 Å². The van der Waals surface area contributed by atoms with E-state index in [1.165, 1.54) is 4.68 Å². The predicted octanol–water partition coefficient (Wildman–Crippen LogP) is 2.80. The van der Waals surface area contributed by atoms with Gasteiger partial charge in [0.25, 0.3) is 0 Å². The van der Waals surface area contributed by atoms with Gasteiger partial charge < -0.3 is 5.32 Å². The second kappa shape index (κ2) is 7.13. The maximum atomic E-state index is 12.9. The Morgan fingerprint density at radius 1 is 1.23 bits per heavy atom. The van der Waals surface area contributed by atoms with Gasteiger partial charge in [0, 0.05) is 30.4 Å². The van der Waals surface area contributed by atoms with Crippen molar-refractivity contribution >= 4 is 5.91 Å². The van der Waals surface area contributed by atoms with Crippen LogP contribution in [0.5, 0.6) is 0 Å². The van der Waals surface area contributed by atoms with E-state index in [0.29, 0.717) is 25.2 Å².